The number of hydrogen-bond donors (Lipinski definition) is 1. The van der Waals surface area contributed by atoms with E-state index in [-0.39, 0.29) is 47.5 Å². The Labute approximate surface area is 182 Å². The predicted molar refractivity (Wildman–Crippen MR) is 117 cm³/mol. The maximum Gasteiger partial charge on any atom is 0.296 e. The number of halogens is 2. The number of carbonyl (C=O) groups is 1. The van der Waals surface area contributed by atoms with Crippen LogP contribution in [0.25, 0.3) is 0 Å². The van der Waals surface area contributed by atoms with Crippen molar-refractivity contribution in [3.63, 3.8) is 0 Å². The second-order valence-electron chi connectivity index (χ2n) is 8.87. The minimum atomic E-state index is -0.568. The van der Waals surface area contributed by atoms with Crippen molar-refractivity contribution in [2.24, 2.45) is 5.41 Å². The number of rotatable bonds is 5. The van der Waals surface area contributed by atoms with Gasteiger partial charge < -0.3 is 5.11 Å². The zero-order valence-corrected chi connectivity index (χ0v) is 18.8. The number of benzene rings is 1. The molecule has 5 nitrogen and oxygen atoms in total. The van der Waals surface area contributed by atoms with Crippen molar-refractivity contribution < 1.29 is 14.3 Å². The number of Topliss-reactive ketones (excluding diaryl/α,β-unsaturated/α-hetero) is 1. The average molecular weight is 437 g/mol. The van der Waals surface area contributed by atoms with Crippen LogP contribution in [0.15, 0.2) is 23.0 Å². The lowest BCUT2D eigenvalue weighted by Gasteiger charge is -2.23. The molecule has 3 rings (SSSR count). The zero-order chi connectivity index (χ0) is 21.3. The summed E-state index contributed by atoms with van der Waals surface area (Å²) in [4.78, 5) is 30.2. The quantitative estimate of drug-likeness (QED) is 0.673. The fraction of sp³-hybridized carbons (Fsp3) is 0.522. The lowest BCUT2D eigenvalue weighted by Crippen LogP contribution is -2.31. The van der Waals surface area contributed by atoms with E-state index in [1.807, 2.05) is 6.92 Å². The molecule has 0 saturated heterocycles. The van der Waals surface area contributed by atoms with Gasteiger partial charge in [-0.1, -0.05) is 32.9 Å². The Kier molecular flexibility index (Phi) is 7.45. The summed E-state index contributed by atoms with van der Waals surface area (Å²) in [5, 5.41) is 10.5. The highest BCUT2D eigenvalue weighted by atomic mass is 35.5. The molecule has 1 aliphatic rings. The van der Waals surface area contributed by atoms with E-state index in [9.17, 15) is 19.1 Å². The number of carbonyl (C=O) groups excluding carboxylic acids is 1. The first-order chi connectivity index (χ1) is 13.6. The zero-order valence-electron chi connectivity index (χ0n) is 18.0. The van der Waals surface area contributed by atoms with E-state index >= 15 is 0 Å². The second-order valence-corrected chi connectivity index (χ2v) is 8.87. The lowest BCUT2D eigenvalue weighted by molar-refractivity contribution is 0.0973. The number of aromatic nitrogens is 2. The largest absolute Gasteiger partial charge is 0.501 e. The van der Waals surface area contributed by atoms with Crippen LogP contribution in [0.5, 0.6) is 5.75 Å². The second kappa shape index (κ2) is 9.29. The third-order valence-corrected chi connectivity index (χ3v) is 5.92. The fourth-order valence-electron chi connectivity index (χ4n) is 4.05. The molecule has 1 unspecified atom stereocenters. The monoisotopic (exact) mass is 436 g/mol. The van der Waals surface area contributed by atoms with E-state index < -0.39 is 11.3 Å². The summed E-state index contributed by atoms with van der Waals surface area (Å²) in [6.07, 6.45) is 3.14. The first-order valence-electron chi connectivity index (χ1n) is 10.2. The van der Waals surface area contributed by atoms with Crippen LogP contribution in [0.4, 0.5) is 4.39 Å². The van der Waals surface area contributed by atoms with Gasteiger partial charge in [-0.3, -0.25) is 14.2 Å². The van der Waals surface area contributed by atoms with Crippen LogP contribution in [0.1, 0.15) is 79.8 Å². The van der Waals surface area contributed by atoms with E-state index in [4.69, 9.17) is 0 Å². The molecule has 2 aromatic rings. The van der Waals surface area contributed by atoms with Crippen molar-refractivity contribution in [3.8, 4) is 5.75 Å². The first-order valence-corrected chi connectivity index (χ1v) is 10.2. The van der Waals surface area contributed by atoms with Gasteiger partial charge in [0, 0.05) is 18.9 Å². The molecule has 0 fully saturated rings. The highest BCUT2D eigenvalue weighted by Crippen LogP contribution is 2.36. The minimum absolute atomic E-state index is 0. The van der Waals surface area contributed by atoms with Gasteiger partial charge in [-0.25, -0.2) is 9.37 Å². The normalized spacial score (nSPS) is 17.6. The van der Waals surface area contributed by atoms with Crippen molar-refractivity contribution >= 4 is 18.2 Å². The SMILES string of the molecule is CCC1CCC(C)(C)Cn2c1nc(C(=O)CCc1ccc(F)c(C)c1)c(O)c2=O.Cl. The molecule has 1 aromatic heterocycles. The molecule has 1 atom stereocenters. The lowest BCUT2D eigenvalue weighted by atomic mass is 9.85. The van der Waals surface area contributed by atoms with Crippen LogP contribution >= 0.6 is 12.4 Å². The fourth-order valence-corrected chi connectivity index (χ4v) is 4.05. The van der Waals surface area contributed by atoms with Crippen LogP contribution in [-0.4, -0.2) is 20.4 Å². The molecule has 7 heteroatoms. The van der Waals surface area contributed by atoms with Gasteiger partial charge >= 0.3 is 0 Å². The van der Waals surface area contributed by atoms with E-state index in [1.54, 1.807) is 23.6 Å². The van der Waals surface area contributed by atoms with Gasteiger partial charge in [0.05, 0.1) is 0 Å². The number of ketones is 1. The summed E-state index contributed by atoms with van der Waals surface area (Å²) in [7, 11) is 0. The highest BCUT2D eigenvalue weighted by molar-refractivity contribution is 5.96. The summed E-state index contributed by atoms with van der Waals surface area (Å²) in [5.74, 6) is -0.546. The highest BCUT2D eigenvalue weighted by Gasteiger charge is 2.32. The van der Waals surface area contributed by atoms with Crippen molar-refractivity contribution in [1.29, 1.82) is 0 Å². The van der Waals surface area contributed by atoms with Crippen LogP contribution in [-0.2, 0) is 13.0 Å². The number of fused-ring (bicyclic) bond motifs is 1. The van der Waals surface area contributed by atoms with Gasteiger partial charge in [-0.2, -0.15) is 0 Å². The van der Waals surface area contributed by atoms with Crippen molar-refractivity contribution in [3.05, 3.63) is 57.0 Å². The van der Waals surface area contributed by atoms with Crippen LogP contribution < -0.4 is 5.56 Å². The molecule has 1 aromatic carbocycles. The molecule has 2 heterocycles. The Hall–Kier alpha value is -2.21. The van der Waals surface area contributed by atoms with Gasteiger partial charge in [0.25, 0.3) is 5.56 Å². The van der Waals surface area contributed by atoms with Gasteiger partial charge in [-0.15, -0.1) is 12.4 Å². The standard InChI is InChI=1S/C23H29FN2O3.ClH/c1-5-16-10-11-23(3,4)13-26-21(16)25-19(20(28)22(26)29)18(27)9-7-15-6-8-17(24)14(2)12-15;/h6,8,12,16,28H,5,7,9-11,13H2,1-4H3;1H. The van der Waals surface area contributed by atoms with Gasteiger partial charge in [0.2, 0.25) is 5.75 Å². The van der Waals surface area contributed by atoms with Gasteiger partial charge in [-0.05, 0) is 55.2 Å². The van der Waals surface area contributed by atoms with Gasteiger partial charge in [0.15, 0.2) is 11.5 Å². The smallest absolute Gasteiger partial charge is 0.296 e. The number of aromatic hydroxyl groups is 1. The number of nitrogens with zero attached hydrogens (tertiary/aromatic N) is 2. The Morgan fingerprint density at radius 1 is 1.37 bits per heavy atom. The maximum absolute atomic E-state index is 13.4. The van der Waals surface area contributed by atoms with Gasteiger partial charge in [0.1, 0.15) is 11.6 Å². The third kappa shape index (κ3) is 4.91. The average Bonchev–Trinajstić information content (AvgIpc) is 2.80. The maximum atomic E-state index is 13.4. The molecular weight excluding hydrogens is 407 g/mol. The summed E-state index contributed by atoms with van der Waals surface area (Å²) < 4.78 is 15.0. The molecule has 0 spiro atoms. The Morgan fingerprint density at radius 2 is 2.07 bits per heavy atom. The molecular formula is C23H30ClFN2O3. The molecule has 0 saturated carbocycles. The number of hydrogen-bond acceptors (Lipinski definition) is 4. The number of aryl methyl sites for hydroxylation is 2. The van der Waals surface area contributed by atoms with Crippen molar-refractivity contribution in [1.82, 2.24) is 9.55 Å². The van der Waals surface area contributed by atoms with Crippen molar-refractivity contribution in [2.45, 2.75) is 72.3 Å². The summed E-state index contributed by atoms with van der Waals surface area (Å²) in [5.41, 5.74) is 0.592. The Morgan fingerprint density at radius 3 is 2.70 bits per heavy atom. The van der Waals surface area contributed by atoms with Crippen LogP contribution in [0, 0.1) is 18.2 Å². The molecule has 1 N–H and O–H groups in total. The van der Waals surface area contributed by atoms with E-state index in [0.29, 0.717) is 24.4 Å². The first kappa shape index (κ1) is 24.1. The van der Waals surface area contributed by atoms with E-state index in [1.165, 1.54) is 6.07 Å². The Bertz CT molecular complexity index is 1000. The minimum Gasteiger partial charge on any atom is -0.501 e. The molecule has 164 valence electrons. The molecule has 1 aliphatic heterocycles. The summed E-state index contributed by atoms with van der Waals surface area (Å²) in [6.45, 7) is 8.39. The molecule has 0 aliphatic carbocycles. The van der Waals surface area contributed by atoms with Crippen LogP contribution in [0.2, 0.25) is 0 Å². The Balaban J connectivity index is 0.00000320. The third-order valence-electron chi connectivity index (χ3n) is 5.92. The summed E-state index contributed by atoms with van der Waals surface area (Å²) in [6, 6.07) is 4.73. The molecule has 0 radical (unpaired) electrons. The van der Waals surface area contributed by atoms with E-state index in [2.05, 4.69) is 18.8 Å². The predicted octanol–water partition coefficient (Wildman–Crippen LogP) is 4.95. The van der Waals surface area contributed by atoms with Crippen LogP contribution in [0.3, 0.4) is 0 Å². The van der Waals surface area contributed by atoms with E-state index in [0.717, 1.165) is 24.8 Å². The summed E-state index contributed by atoms with van der Waals surface area (Å²) >= 11 is 0. The molecule has 30 heavy (non-hydrogen) atoms. The molecule has 0 bridgehead atoms. The van der Waals surface area contributed by atoms with Crippen molar-refractivity contribution in [2.75, 3.05) is 0 Å². The molecule has 0 amide bonds. The topological polar surface area (TPSA) is 72.2 Å².